The van der Waals surface area contributed by atoms with Gasteiger partial charge in [0.15, 0.2) is 0 Å². The number of rotatable bonds is 3. The smallest absolute Gasteiger partial charge is 0.316 e. The molecule has 0 aliphatic heterocycles. The summed E-state index contributed by atoms with van der Waals surface area (Å²) in [7, 11) is 0. The molecule has 3 atom stereocenters. The van der Waals surface area contributed by atoms with Gasteiger partial charge in [-0.2, -0.15) is 0 Å². The van der Waals surface area contributed by atoms with E-state index in [4.69, 9.17) is 5.41 Å². The van der Waals surface area contributed by atoms with Gasteiger partial charge >= 0.3 is 5.97 Å². The fourth-order valence-electron chi connectivity index (χ4n) is 5.80. The zero-order chi connectivity index (χ0) is 21.8. The molecule has 3 unspecified atom stereocenters. The first-order valence-corrected chi connectivity index (χ1v) is 11.2. The second-order valence-corrected chi connectivity index (χ2v) is 8.89. The van der Waals surface area contributed by atoms with Crippen molar-refractivity contribution in [2.45, 2.75) is 12.8 Å². The molecule has 0 saturated heterocycles. The molecule has 3 aromatic rings. The van der Waals surface area contributed by atoms with E-state index in [2.05, 4.69) is 72.8 Å². The van der Waals surface area contributed by atoms with Crippen molar-refractivity contribution in [2.24, 2.45) is 17.8 Å². The Kier molecular flexibility index (Phi) is 4.25. The molecule has 0 radical (unpaired) electrons. The zero-order valence-corrected chi connectivity index (χ0v) is 17.6. The highest BCUT2D eigenvalue weighted by Gasteiger charge is 2.46. The Morgan fingerprint density at radius 3 is 2.28 bits per heavy atom. The Morgan fingerprint density at radius 2 is 1.53 bits per heavy atom. The Hall–Kier alpha value is -3.72. The SMILES string of the molecule is N=C1C(C(=O)O)C=C2c3ccc(-c4ccccc4-c4ccccc4)cc3C3=CCCC1C23. The fourth-order valence-corrected chi connectivity index (χ4v) is 5.80. The van der Waals surface area contributed by atoms with E-state index in [0.717, 1.165) is 29.5 Å². The highest BCUT2D eigenvalue weighted by molar-refractivity contribution is 6.11. The van der Waals surface area contributed by atoms with E-state index < -0.39 is 11.9 Å². The molecule has 3 aliphatic rings. The summed E-state index contributed by atoms with van der Waals surface area (Å²) in [5, 5.41) is 18.3. The highest BCUT2D eigenvalue weighted by Crippen LogP contribution is 2.56. The minimum absolute atomic E-state index is 0.0106. The van der Waals surface area contributed by atoms with Gasteiger partial charge in [-0.15, -0.1) is 0 Å². The standard InChI is InChI=1S/C29H23NO2/c30-28-23-12-6-11-22-24-15-18(13-14-21(24)25(27(22)23)16-26(28)29(31)32)20-10-5-4-9-19(20)17-7-2-1-3-8-17/h1-5,7-11,13-16,23,26-27,30H,6,12H2,(H,31,32). The summed E-state index contributed by atoms with van der Waals surface area (Å²) in [5.41, 5.74) is 9.81. The Labute approximate surface area is 187 Å². The molecule has 3 nitrogen and oxygen atoms in total. The molecular formula is C29H23NO2. The van der Waals surface area contributed by atoms with Crippen LogP contribution in [0.4, 0.5) is 0 Å². The molecule has 0 aromatic heterocycles. The van der Waals surface area contributed by atoms with Gasteiger partial charge in [-0.05, 0) is 63.4 Å². The minimum Gasteiger partial charge on any atom is -0.481 e. The summed E-state index contributed by atoms with van der Waals surface area (Å²) in [5.74, 6) is -1.61. The van der Waals surface area contributed by atoms with E-state index >= 15 is 0 Å². The van der Waals surface area contributed by atoms with E-state index in [1.54, 1.807) is 0 Å². The van der Waals surface area contributed by atoms with Gasteiger partial charge in [0.2, 0.25) is 0 Å². The van der Waals surface area contributed by atoms with Gasteiger partial charge < -0.3 is 10.5 Å². The van der Waals surface area contributed by atoms with Crippen LogP contribution >= 0.6 is 0 Å². The lowest BCUT2D eigenvalue weighted by atomic mass is 9.68. The second kappa shape index (κ2) is 7.16. The zero-order valence-electron chi connectivity index (χ0n) is 17.6. The third-order valence-electron chi connectivity index (χ3n) is 7.23. The van der Waals surface area contributed by atoms with E-state index in [0.29, 0.717) is 5.71 Å². The first kappa shape index (κ1) is 19.0. The number of hydrogen-bond donors (Lipinski definition) is 2. The van der Waals surface area contributed by atoms with Crippen molar-refractivity contribution >= 4 is 22.8 Å². The number of carbonyl (C=O) groups is 1. The number of allylic oxidation sites excluding steroid dienone is 3. The van der Waals surface area contributed by atoms with Gasteiger partial charge in [0.05, 0.1) is 0 Å². The number of nitrogens with one attached hydrogen (secondary N) is 1. The maximum atomic E-state index is 11.8. The number of aliphatic carboxylic acids is 1. The lowest BCUT2D eigenvalue weighted by Gasteiger charge is -2.35. The monoisotopic (exact) mass is 417 g/mol. The van der Waals surface area contributed by atoms with E-state index in [1.165, 1.54) is 27.8 Å². The second-order valence-electron chi connectivity index (χ2n) is 8.89. The van der Waals surface area contributed by atoms with Gasteiger partial charge in [0.1, 0.15) is 5.92 Å². The molecular weight excluding hydrogens is 394 g/mol. The van der Waals surface area contributed by atoms with Gasteiger partial charge in [-0.3, -0.25) is 4.79 Å². The number of hydrogen-bond acceptors (Lipinski definition) is 2. The number of benzene rings is 3. The van der Waals surface area contributed by atoms with Crippen LogP contribution < -0.4 is 0 Å². The molecule has 3 heteroatoms. The van der Waals surface area contributed by atoms with E-state index in [-0.39, 0.29) is 11.8 Å². The predicted octanol–water partition coefficient (Wildman–Crippen LogP) is 6.56. The van der Waals surface area contributed by atoms with Gasteiger partial charge in [0.25, 0.3) is 0 Å². The lowest BCUT2D eigenvalue weighted by Crippen LogP contribution is -2.37. The van der Waals surface area contributed by atoms with Crippen LogP contribution in [-0.2, 0) is 4.79 Å². The van der Waals surface area contributed by atoms with Crippen molar-refractivity contribution in [3.05, 3.63) is 96.1 Å². The third kappa shape index (κ3) is 2.74. The molecule has 32 heavy (non-hydrogen) atoms. The Morgan fingerprint density at radius 1 is 0.812 bits per heavy atom. The molecule has 0 amide bonds. The molecule has 0 spiro atoms. The molecule has 6 rings (SSSR count). The van der Waals surface area contributed by atoms with Crippen LogP contribution in [0, 0.1) is 23.2 Å². The summed E-state index contributed by atoms with van der Waals surface area (Å²) in [6.07, 6.45) is 5.88. The molecule has 2 N–H and O–H groups in total. The largest absolute Gasteiger partial charge is 0.481 e. The molecule has 0 saturated carbocycles. The summed E-state index contributed by atoms with van der Waals surface area (Å²) in [6.45, 7) is 0. The van der Waals surface area contributed by atoms with Crippen molar-refractivity contribution in [1.29, 1.82) is 5.41 Å². The number of carboxylic acids is 1. The Bertz CT molecular complexity index is 1330. The summed E-state index contributed by atoms with van der Waals surface area (Å²) in [6, 6.07) is 25.5. The summed E-state index contributed by atoms with van der Waals surface area (Å²) >= 11 is 0. The van der Waals surface area contributed by atoms with Crippen LogP contribution in [0.5, 0.6) is 0 Å². The first-order chi connectivity index (χ1) is 15.6. The van der Waals surface area contributed by atoms with Crippen LogP contribution in [0.3, 0.4) is 0 Å². The maximum Gasteiger partial charge on any atom is 0.316 e. The summed E-state index contributed by atoms with van der Waals surface area (Å²) < 4.78 is 0. The van der Waals surface area contributed by atoms with Crippen LogP contribution in [0.1, 0.15) is 24.0 Å². The normalized spacial score (nSPS) is 23.1. The summed E-state index contributed by atoms with van der Waals surface area (Å²) in [4.78, 5) is 11.8. The van der Waals surface area contributed by atoms with Crippen LogP contribution in [0.25, 0.3) is 33.4 Å². The Balaban J connectivity index is 1.51. The molecule has 3 aromatic carbocycles. The average molecular weight is 418 g/mol. The van der Waals surface area contributed by atoms with Crippen molar-refractivity contribution in [3.63, 3.8) is 0 Å². The van der Waals surface area contributed by atoms with E-state index in [9.17, 15) is 9.90 Å². The highest BCUT2D eigenvalue weighted by atomic mass is 16.4. The van der Waals surface area contributed by atoms with Crippen LogP contribution in [-0.4, -0.2) is 16.8 Å². The molecule has 0 fully saturated rings. The lowest BCUT2D eigenvalue weighted by molar-refractivity contribution is -0.138. The number of carboxylic acid groups (broad SMARTS) is 1. The molecule has 0 bridgehead atoms. The van der Waals surface area contributed by atoms with Crippen molar-refractivity contribution in [1.82, 2.24) is 0 Å². The van der Waals surface area contributed by atoms with Crippen molar-refractivity contribution < 1.29 is 9.90 Å². The van der Waals surface area contributed by atoms with Gasteiger partial charge in [-0.1, -0.05) is 78.9 Å². The quantitative estimate of drug-likeness (QED) is 0.507. The maximum absolute atomic E-state index is 11.8. The topological polar surface area (TPSA) is 61.2 Å². The van der Waals surface area contributed by atoms with Crippen molar-refractivity contribution in [3.8, 4) is 22.3 Å². The molecule has 156 valence electrons. The molecule has 3 aliphatic carbocycles. The number of fused-ring (bicyclic) bond motifs is 3. The molecule has 0 heterocycles. The fraction of sp³-hybridized carbons (Fsp3) is 0.172. The third-order valence-corrected chi connectivity index (χ3v) is 7.23. The predicted molar refractivity (Wildman–Crippen MR) is 128 cm³/mol. The van der Waals surface area contributed by atoms with Crippen LogP contribution in [0.15, 0.2) is 84.9 Å². The van der Waals surface area contributed by atoms with Gasteiger partial charge in [-0.25, -0.2) is 0 Å². The van der Waals surface area contributed by atoms with Crippen LogP contribution in [0.2, 0.25) is 0 Å². The minimum atomic E-state index is -0.918. The van der Waals surface area contributed by atoms with Crippen molar-refractivity contribution in [2.75, 3.05) is 0 Å². The van der Waals surface area contributed by atoms with E-state index in [1.807, 2.05) is 12.1 Å². The first-order valence-electron chi connectivity index (χ1n) is 11.2. The van der Waals surface area contributed by atoms with Gasteiger partial charge in [0, 0.05) is 17.5 Å². The average Bonchev–Trinajstić information content (AvgIpc) is 3.15.